The molecule has 0 aliphatic heterocycles. The van der Waals surface area contributed by atoms with Gasteiger partial charge < -0.3 is 9.47 Å². The van der Waals surface area contributed by atoms with Crippen LogP contribution in [0.1, 0.15) is 0 Å². The standard InChI is InChI=1S/C16H15Cl2NO5S/c1-23-12-5-3-4-11(8-12)19(10-16(20)24-2)25(21,22)13-6-7-14(17)15(18)9-13/h3-9H,10H2,1-2H3. The van der Waals surface area contributed by atoms with Gasteiger partial charge in [-0.2, -0.15) is 0 Å². The third kappa shape index (κ3) is 4.36. The van der Waals surface area contributed by atoms with Gasteiger partial charge in [-0.15, -0.1) is 0 Å². The maximum absolute atomic E-state index is 13.0. The number of ether oxygens (including phenoxy) is 2. The van der Waals surface area contributed by atoms with Crippen molar-refractivity contribution in [2.75, 3.05) is 25.1 Å². The molecule has 0 radical (unpaired) electrons. The number of halogens is 2. The summed E-state index contributed by atoms with van der Waals surface area (Å²) < 4.78 is 36.7. The number of nitrogens with zero attached hydrogens (tertiary/aromatic N) is 1. The van der Waals surface area contributed by atoms with Crippen molar-refractivity contribution in [3.05, 3.63) is 52.5 Å². The van der Waals surface area contributed by atoms with E-state index in [2.05, 4.69) is 4.74 Å². The fraction of sp³-hybridized carbons (Fsp3) is 0.188. The lowest BCUT2D eigenvalue weighted by atomic mass is 10.3. The molecule has 0 saturated heterocycles. The van der Waals surface area contributed by atoms with Crippen molar-refractivity contribution in [3.63, 3.8) is 0 Å². The largest absolute Gasteiger partial charge is 0.497 e. The number of carbonyl (C=O) groups excluding carboxylic acids is 1. The van der Waals surface area contributed by atoms with E-state index in [9.17, 15) is 13.2 Å². The number of hydrogen-bond acceptors (Lipinski definition) is 5. The Hall–Kier alpha value is -1.96. The zero-order valence-electron chi connectivity index (χ0n) is 13.4. The van der Waals surface area contributed by atoms with Crippen LogP contribution in [0.5, 0.6) is 5.75 Å². The van der Waals surface area contributed by atoms with Crippen LogP contribution in [0.3, 0.4) is 0 Å². The van der Waals surface area contributed by atoms with Gasteiger partial charge in [-0.1, -0.05) is 29.3 Å². The van der Waals surface area contributed by atoms with Gasteiger partial charge in [-0.05, 0) is 30.3 Å². The molecule has 25 heavy (non-hydrogen) atoms. The second-order valence-corrected chi connectivity index (χ2v) is 7.54. The topological polar surface area (TPSA) is 72.9 Å². The lowest BCUT2D eigenvalue weighted by molar-refractivity contribution is -0.138. The predicted octanol–water partition coefficient (Wildman–Crippen LogP) is 3.37. The number of hydrogen-bond donors (Lipinski definition) is 0. The Labute approximate surface area is 155 Å². The molecule has 0 saturated carbocycles. The summed E-state index contributed by atoms with van der Waals surface area (Å²) in [6.07, 6.45) is 0. The first-order valence-electron chi connectivity index (χ1n) is 6.98. The highest BCUT2D eigenvalue weighted by atomic mass is 35.5. The number of methoxy groups -OCH3 is 2. The van der Waals surface area contributed by atoms with Gasteiger partial charge in [0.15, 0.2) is 0 Å². The fourth-order valence-corrected chi connectivity index (χ4v) is 3.82. The summed E-state index contributed by atoms with van der Waals surface area (Å²) in [4.78, 5) is 11.6. The van der Waals surface area contributed by atoms with E-state index in [0.717, 1.165) is 4.31 Å². The molecule has 0 atom stereocenters. The van der Waals surface area contributed by atoms with E-state index in [4.69, 9.17) is 27.9 Å². The molecular weight excluding hydrogens is 389 g/mol. The lowest BCUT2D eigenvalue weighted by Crippen LogP contribution is -2.36. The fourth-order valence-electron chi connectivity index (χ4n) is 2.03. The molecule has 0 N–H and O–H groups in total. The van der Waals surface area contributed by atoms with Crippen LogP contribution in [0, 0.1) is 0 Å². The number of carbonyl (C=O) groups is 1. The molecule has 0 aliphatic rings. The first-order chi connectivity index (χ1) is 11.8. The lowest BCUT2D eigenvalue weighted by Gasteiger charge is -2.24. The van der Waals surface area contributed by atoms with Crippen molar-refractivity contribution in [1.82, 2.24) is 0 Å². The van der Waals surface area contributed by atoms with E-state index >= 15 is 0 Å². The first kappa shape index (κ1) is 19.4. The van der Waals surface area contributed by atoms with Gasteiger partial charge in [0, 0.05) is 6.07 Å². The molecule has 134 valence electrons. The monoisotopic (exact) mass is 403 g/mol. The van der Waals surface area contributed by atoms with Gasteiger partial charge in [0.2, 0.25) is 0 Å². The van der Waals surface area contributed by atoms with Crippen LogP contribution in [-0.2, 0) is 19.6 Å². The summed E-state index contributed by atoms with van der Waals surface area (Å²) in [5.74, 6) is -0.275. The summed E-state index contributed by atoms with van der Waals surface area (Å²) in [7, 11) is -1.46. The van der Waals surface area contributed by atoms with E-state index in [1.165, 1.54) is 38.5 Å². The molecule has 0 amide bonds. The zero-order valence-corrected chi connectivity index (χ0v) is 15.7. The van der Waals surface area contributed by atoms with E-state index in [0.29, 0.717) is 5.75 Å². The Morgan fingerprint density at radius 1 is 1.08 bits per heavy atom. The summed E-state index contributed by atoms with van der Waals surface area (Å²) in [6, 6.07) is 10.2. The minimum atomic E-state index is -4.09. The van der Waals surface area contributed by atoms with Gasteiger partial charge in [0.05, 0.1) is 34.8 Å². The highest BCUT2D eigenvalue weighted by Gasteiger charge is 2.28. The van der Waals surface area contributed by atoms with Gasteiger partial charge in [0.1, 0.15) is 12.3 Å². The highest BCUT2D eigenvalue weighted by Crippen LogP contribution is 2.30. The molecule has 6 nitrogen and oxygen atoms in total. The second kappa shape index (κ2) is 7.95. The number of sulfonamides is 1. The minimum Gasteiger partial charge on any atom is -0.497 e. The molecule has 2 rings (SSSR count). The Bertz CT molecular complexity index is 886. The summed E-state index contributed by atoms with van der Waals surface area (Å²) in [5.41, 5.74) is 0.246. The smallest absolute Gasteiger partial charge is 0.326 e. The maximum atomic E-state index is 13.0. The summed E-state index contributed by atoms with van der Waals surface area (Å²) >= 11 is 11.8. The molecule has 0 aliphatic carbocycles. The van der Waals surface area contributed by atoms with E-state index in [1.54, 1.807) is 18.2 Å². The summed E-state index contributed by atoms with van der Waals surface area (Å²) in [6.45, 7) is -0.508. The van der Waals surface area contributed by atoms with E-state index in [-0.39, 0.29) is 20.6 Å². The van der Waals surface area contributed by atoms with Crippen molar-refractivity contribution >= 4 is 44.9 Å². The Morgan fingerprint density at radius 3 is 2.40 bits per heavy atom. The number of rotatable bonds is 6. The molecule has 0 bridgehead atoms. The molecule has 0 spiro atoms. The van der Waals surface area contributed by atoms with Gasteiger partial charge >= 0.3 is 5.97 Å². The van der Waals surface area contributed by atoms with Crippen LogP contribution >= 0.6 is 23.2 Å². The summed E-state index contributed by atoms with van der Waals surface area (Å²) in [5, 5.41) is 0.313. The van der Waals surface area contributed by atoms with Crippen molar-refractivity contribution in [2.45, 2.75) is 4.90 Å². The normalized spacial score (nSPS) is 11.0. The highest BCUT2D eigenvalue weighted by molar-refractivity contribution is 7.92. The Kier molecular flexibility index (Phi) is 6.16. The van der Waals surface area contributed by atoms with Crippen molar-refractivity contribution in [2.24, 2.45) is 0 Å². The number of benzene rings is 2. The third-order valence-electron chi connectivity index (χ3n) is 3.32. The van der Waals surface area contributed by atoms with Crippen LogP contribution < -0.4 is 9.04 Å². The Balaban J connectivity index is 2.56. The van der Waals surface area contributed by atoms with E-state index < -0.39 is 22.5 Å². The SMILES string of the molecule is COC(=O)CN(c1cccc(OC)c1)S(=O)(=O)c1ccc(Cl)c(Cl)c1. The first-order valence-corrected chi connectivity index (χ1v) is 9.18. The van der Waals surface area contributed by atoms with Crippen LogP contribution in [0.4, 0.5) is 5.69 Å². The van der Waals surface area contributed by atoms with Crippen LogP contribution in [0.25, 0.3) is 0 Å². The van der Waals surface area contributed by atoms with Crippen molar-refractivity contribution < 1.29 is 22.7 Å². The molecule has 9 heteroatoms. The average molecular weight is 404 g/mol. The van der Waals surface area contributed by atoms with Gasteiger partial charge in [0.25, 0.3) is 10.0 Å². The third-order valence-corrected chi connectivity index (χ3v) is 5.83. The van der Waals surface area contributed by atoms with Crippen LogP contribution in [-0.4, -0.2) is 35.2 Å². The minimum absolute atomic E-state index is 0.0893. The van der Waals surface area contributed by atoms with Crippen molar-refractivity contribution in [3.8, 4) is 5.75 Å². The molecule has 2 aromatic carbocycles. The molecule has 0 fully saturated rings. The van der Waals surface area contributed by atoms with Gasteiger partial charge in [-0.3, -0.25) is 9.10 Å². The number of esters is 1. The molecule has 0 heterocycles. The predicted molar refractivity (Wildman–Crippen MR) is 96.0 cm³/mol. The second-order valence-electron chi connectivity index (χ2n) is 4.87. The molecular formula is C16H15Cl2NO5S. The Morgan fingerprint density at radius 2 is 1.80 bits per heavy atom. The zero-order chi connectivity index (χ0) is 18.6. The average Bonchev–Trinajstić information content (AvgIpc) is 2.61. The quantitative estimate of drug-likeness (QED) is 0.691. The van der Waals surface area contributed by atoms with Crippen molar-refractivity contribution in [1.29, 1.82) is 0 Å². The number of anilines is 1. The van der Waals surface area contributed by atoms with Crippen LogP contribution in [0.15, 0.2) is 47.4 Å². The van der Waals surface area contributed by atoms with Crippen LogP contribution in [0.2, 0.25) is 10.0 Å². The maximum Gasteiger partial charge on any atom is 0.326 e. The molecule has 2 aromatic rings. The molecule has 0 aromatic heterocycles. The molecule has 0 unspecified atom stereocenters. The van der Waals surface area contributed by atoms with E-state index in [1.807, 2.05) is 0 Å². The van der Waals surface area contributed by atoms with Gasteiger partial charge in [-0.25, -0.2) is 8.42 Å².